The Hall–Kier alpha value is -1.94. The predicted octanol–water partition coefficient (Wildman–Crippen LogP) is 0.536. The van der Waals surface area contributed by atoms with Gasteiger partial charge < -0.3 is 0 Å². The SMILES string of the molecule is C=c1ccc(=C2N=[NH+]C(c3cccnc3)S2)cc1. The lowest BCUT2D eigenvalue weighted by Gasteiger charge is -1.97. The van der Waals surface area contributed by atoms with E-state index in [1.165, 1.54) is 0 Å². The van der Waals surface area contributed by atoms with Crippen molar-refractivity contribution < 1.29 is 5.11 Å². The third-order valence-corrected chi connectivity index (χ3v) is 3.86. The maximum atomic E-state index is 4.37. The van der Waals surface area contributed by atoms with Crippen LogP contribution in [0.25, 0.3) is 11.6 Å². The molecule has 4 heteroatoms. The Kier molecular flexibility index (Phi) is 2.94. The average Bonchev–Trinajstić information content (AvgIpc) is 2.90. The van der Waals surface area contributed by atoms with Crippen molar-refractivity contribution in [3.8, 4) is 0 Å². The quantitative estimate of drug-likeness (QED) is 0.806. The van der Waals surface area contributed by atoms with Crippen molar-refractivity contribution in [1.82, 2.24) is 4.98 Å². The van der Waals surface area contributed by atoms with Crippen LogP contribution in [0.1, 0.15) is 10.9 Å². The summed E-state index contributed by atoms with van der Waals surface area (Å²) >= 11 is 1.70. The zero-order valence-electron chi connectivity index (χ0n) is 9.71. The van der Waals surface area contributed by atoms with Gasteiger partial charge in [0.15, 0.2) is 5.03 Å². The summed E-state index contributed by atoms with van der Waals surface area (Å²) in [6, 6.07) is 12.1. The van der Waals surface area contributed by atoms with Gasteiger partial charge in [0.2, 0.25) is 0 Å². The Morgan fingerprint density at radius 3 is 2.72 bits per heavy atom. The van der Waals surface area contributed by atoms with E-state index in [4.69, 9.17) is 0 Å². The fourth-order valence-corrected chi connectivity index (χ4v) is 2.72. The van der Waals surface area contributed by atoms with Crippen LogP contribution < -0.4 is 15.6 Å². The first kappa shape index (κ1) is 11.2. The van der Waals surface area contributed by atoms with Gasteiger partial charge in [-0.15, -0.1) is 5.11 Å². The van der Waals surface area contributed by atoms with Gasteiger partial charge in [-0.3, -0.25) is 4.98 Å². The van der Waals surface area contributed by atoms with E-state index in [9.17, 15) is 0 Å². The molecule has 0 amide bonds. The van der Waals surface area contributed by atoms with Gasteiger partial charge >= 0.3 is 0 Å². The third kappa shape index (κ3) is 2.19. The largest absolute Gasteiger partial charge is 0.264 e. The number of azo groups is 1. The molecule has 1 atom stereocenters. The Morgan fingerprint density at radius 2 is 2.00 bits per heavy atom. The van der Waals surface area contributed by atoms with Gasteiger partial charge in [0.05, 0.1) is 5.56 Å². The molecule has 3 rings (SSSR count). The second-order valence-electron chi connectivity index (χ2n) is 4.03. The van der Waals surface area contributed by atoms with E-state index in [1.54, 1.807) is 18.0 Å². The van der Waals surface area contributed by atoms with Crippen molar-refractivity contribution in [2.75, 3.05) is 0 Å². The van der Waals surface area contributed by atoms with E-state index < -0.39 is 0 Å². The second kappa shape index (κ2) is 4.74. The molecule has 88 valence electrons. The van der Waals surface area contributed by atoms with Crippen molar-refractivity contribution in [2.24, 2.45) is 5.11 Å². The summed E-state index contributed by atoms with van der Waals surface area (Å²) in [6.45, 7) is 3.88. The van der Waals surface area contributed by atoms with Gasteiger partial charge in [-0.05, 0) is 29.1 Å². The van der Waals surface area contributed by atoms with Crippen LogP contribution >= 0.6 is 11.8 Å². The molecule has 2 heterocycles. The molecule has 3 nitrogen and oxygen atoms in total. The molecule has 0 saturated carbocycles. The third-order valence-electron chi connectivity index (χ3n) is 2.70. The van der Waals surface area contributed by atoms with Crippen LogP contribution in [0.5, 0.6) is 0 Å². The van der Waals surface area contributed by atoms with E-state index in [0.717, 1.165) is 21.0 Å². The molecule has 1 aromatic carbocycles. The lowest BCUT2D eigenvalue weighted by molar-refractivity contribution is -0.543. The van der Waals surface area contributed by atoms with Crippen LogP contribution in [0.2, 0.25) is 0 Å². The second-order valence-corrected chi connectivity index (χ2v) is 5.12. The van der Waals surface area contributed by atoms with Crippen molar-refractivity contribution >= 4 is 23.4 Å². The highest BCUT2D eigenvalue weighted by molar-refractivity contribution is 8.08. The zero-order valence-corrected chi connectivity index (χ0v) is 10.5. The van der Waals surface area contributed by atoms with Gasteiger partial charge in [0, 0.05) is 22.7 Å². The smallest absolute Gasteiger partial charge is 0.254 e. The minimum atomic E-state index is 0.146. The standard InChI is InChI=1S/C14H11N3S/c1-10-4-6-11(7-5-10)13-16-17-14(18-13)12-3-2-8-15-9-12/h2-9,14H,1H2/p+1. The number of hydrogen-bond acceptors (Lipinski definition) is 3. The van der Waals surface area contributed by atoms with Crippen molar-refractivity contribution in [1.29, 1.82) is 0 Å². The molecule has 1 unspecified atom stereocenters. The number of nitrogens with zero attached hydrogens (tertiary/aromatic N) is 2. The van der Waals surface area contributed by atoms with Crippen LogP contribution in [0.3, 0.4) is 0 Å². The van der Waals surface area contributed by atoms with Crippen LogP contribution in [-0.2, 0) is 0 Å². The summed E-state index contributed by atoms with van der Waals surface area (Å²) in [5, 5.41) is 10.8. The van der Waals surface area contributed by atoms with Crippen LogP contribution in [0.4, 0.5) is 0 Å². The zero-order chi connectivity index (χ0) is 12.4. The van der Waals surface area contributed by atoms with E-state index in [-0.39, 0.29) is 5.37 Å². The predicted molar refractivity (Wildman–Crippen MR) is 72.6 cm³/mol. The molecule has 18 heavy (non-hydrogen) atoms. The van der Waals surface area contributed by atoms with E-state index in [2.05, 4.69) is 27.9 Å². The summed E-state index contributed by atoms with van der Waals surface area (Å²) in [5.41, 5.74) is 1.13. The molecule has 0 saturated heterocycles. The molecule has 0 radical (unpaired) electrons. The molecule has 1 N–H and O–H groups in total. The van der Waals surface area contributed by atoms with Gasteiger partial charge in [-0.25, -0.2) is 0 Å². The van der Waals surface area contributed by atoms with Crippen LogP contribution in [0.15, 0.2) is 53.9 Å². The molecule has 0 fully saturated rings. The lowest BCUT2D eigenvalue weighted by atomic mass is 10.3. The number of aromatic nitrogens is 1. The highest BCUT2D eigenvalue weighted by Gasteiger charge is 2.26. The topological polar surface area (TPSA) is 39.2 Å². The van der Waals surface area contributed by atoms with E-state index in [0.29, 0.717) is 0 Å². The van der Waals surface area contributed by atoms with Gasteiger partial charge in [0.25, 0.3) is 5.37 Å². The number of benzene rings is 1. The first-order chi connectivity index (χ1) is 8.83. The van der Waals surface area contributed by atoms with Crippen molar-refractivity contribution in [3.63, 3.8) is 0 Å². The molecule has 0 spiro atoms. The minimum absolute atomic E-state index is 0.146. The van der Waals surface area contributed by atoms with Crippen LogP contribution in [-0.4, -0.2) is 4.98 Å². The highest BCUT2D eigenvalue weighted by atomic mass is 32.2. The monoisotopic (exact) mass is 254 g/mol. The number of nitrogens with one attached hydrogen (secondary N) is 1. The molecule has 1 aliphatic heterocycles. The molecule has 2 aromatic rings. The highest BCUT2D eigenvalue weighted by Crippen LogP contribution is 2.32. The molecular formula is C14H12N3S+. The summed E-state index contributed by atoms with van der Waals surface area (Å²) in [4.78, 5) is 4.13. The van der Waals surface area contributed by atoms with E-state index >= 15 is 0 Å². The fourth-order valence-electron chi connectivity index (χ4n) is 1.74. The Labute approximate surface area is 109 Å². The summed E-state index contributed by atoms with van der Waals surface area (Å²) in [7, 11) is 0. The summed E-state index contributed by atoms with van der Waals surface area (Å²) in [5.74, 6) is 0. The first-order valence-electron chi connectivity index (χ1n) is 5.65. The Bertz CT molecular complexity index is 671. The minimum Gasteiger partial charge on any atom is -0.264 e. The van der Waals surface area contributed by atoms with E-state index in [1.807, 2.05) is 36.5 Å². The Morgan fingerprint density at radius 1 is 1.17 bits per heavy atom. The normalized spacial score (nSPS) is 18.2. The van der Waals surface area contributed by atoms with Gasteiger partial charge in [-0.2, -0.15) is 0 Å². The number of pyridine rings is 1. The molecule has 0 bridgehead atoms. The van der Waals surface area contributed by atoms with Crippen LogP contribution in [0, 0.1) is 0 Å². The number of hydrogen-bond donors (Lipinski definition) is 1. The van der Waals surface area contributed by atoms with Crippen molar-refractivity contribution in [3.05, 3.63) is 64.8 Å². The maximum absolute atomic E-state index is 4.37. The summed E-state index contributed by atoms with van der Waals surface area (Å²) in [6.07, 6.45) is 3.64. The molecule has 1 aromatic heterocycles. The summed E-state index contributed by atoms with van der Waals surface area (Å²) < 4.78 is 0. The Balaban J connectivity index is 1.93. The van der Waals surface area contributed by atoms with Crippen molar-refractivity contribution in [2.45, 2.75) is 5.37 Å². The molecule has 0 aliphatic carbocycles. The molecule has 1 aliphatic rings. The van der Waals surface area contributed by atoms with Gasteiger partial charge in [0.1, 0.15) is 0 Å². The molecular weight excluding hydrogens is 242 g/mol. The fraction of sp³-hybridized carbons (Fsp3) is 0.0714. The maximum Gasteiger partial charge on any atom is 0.254 e. The average molecular weight is 254 g/mol. The first-order valence-corrected chi connectivity index (χ1v) is 6.53. The number of thioether (sulfide) groups is 1. The lowest BCUT2D eigenvalue weighted by Crippen LogP contribution is -2.63. The number of rotatable bonds is 1. The van der Waals surface area contributed by atoms with Gasteiger partial charge in [-0.1, -0.05) is 30.8 Å².